The Balaban J connectivity index is 1.70. The number of carbonyl (C=O) groups is 3. The van der Waals surface area contributed by atoms with Crippen molar-refractivity contribution in [3.8, 4) is 0 Å². The summed E-state index contributed by atoms with van der Waals surface area (Å²) in [6, 6.07) is 10.8. The van der Waals surface area contributed by atoms with Crippen molar-refractivity contribution in [2.24, 2.45) is 0 Å². The fourth-order valence-electron chi connectivity index (χ4n) is 4.73. The average molecular weight is 484 g/mol. The van der Waals surface area contributed by atoms with Crippen LogP contribution in [0.25, 0.3) is 0 Å². The molecule has 2 aromatic rings. The molecule has 8 heteroatoms. The number of carbonyl (C=O) groups excluding carboxylic acids is 3. The zero-order chi connectivity index (χ0) is 24.3. The van der Waals surface area contributed by atoms with Crippen LogP contribution in [0.5, 0.6) is 0 Å². The molecule has 2 heterocycles. The molecular weight excluding hydrogens is 450 g/mol. The summed E-state index contributed by atoms with van der Waals surface area (Å²) in [5, 5.41) is 4.65. The highest BCUT2D eigenvalue weighted by Gasteiger charge is 2.38. The van der Waals surface area contributed by atoms with E-state index in [1.165, 1.54) is 22.7 Å². The Kier molecular flexibility index (Phi) is 7.26. The third kappa shape index (κ3) is 5.60. The van der Waals surface area contributed by atoms with Crippen LogP contribution in [0.15, 0.2) is 41.8 Å². The highest BCUT2D eigenvalue weighted by Crippen LogP contribution is 2.37. The first-order valence-electron chi connectivity index (χ1n) is 12.0. The Labute approximate surface area is 205 Å². The van der Waals surface area contributed by atoms with Gasteiger partial charge in [-0.3, -0.25) is 9.59 Å². The number of hydrogen-bond donors (Lipinski definition) is 1. The minimum atomic E-state index is -0.833. The number of anilines is 2. The summed E-state index contributed by atoms with van der Waals surface area (Å²) in [4.78, 5) is 43.9. The molecule has 4 rings (SSSR count). The predicted octanol–water partition coefficient (Wildman–Crippen LogP) is 5.01. The van der Waals surface area contributed by atoms with Crippen LogP contribution in [-0.2, 0) is 9.53 Å². The van der Waals surface area contributed by atoms with Crippen LogP contribution >= 0.6 is 11.3 Å². The molecule has 2 aliphatic rings. The van der Waals surface area contributed by atoms with Crippen LogP contribution in [-0.4, -0.2) is 48.6 Å². The second-order valence-electron chi connectivity index (χ2n) is 9.96. The fourth-order valence-corrected chi connectivity index (χ4v) is 5.39. The topological polar surface area (TPSA) is 79.0 Å². The summed E-state index contributed by atoms with van der Waals surface area (Å²) in [5.74, 6) is -0.429. The molecule has 34 heavy (non-hydrogen) atoms. The minimum Gasteiger partial charge on any atom is -0.444 e. The summed E-state index contributed by atoms with van der Waals surface area (Å²) in [5.41, 5.74) is 0.949. The smallest absolute Gasteiger partial charge is 0.408 e. The number of ether oxygens (including phenoxy) is 1. The molecule has 182 valence electrons. The second-order valence-corrected chi connectivity index (χ2v) is 10.9. The average Bonchev–Trinajstić information content (AvgIpc) is 3.31. The molecule has 0 saturated heterocycles. The zero-order valence-electron chi connectivity index (χ0n) is 20.1. The Morgan fingerprint density at radius 2 is 1.76 bits per heavy atom. The van der Waals surface area contributed by atoms with Crippen molar-refractivity contribution in [2.45, 2.75) is 70.6 Å². The molecule has 2 amide bonds. The Hall–Kier alpha value is -2.87. The van der Waals surface area contributed by atoms with Gasteiger partial charge in [-0.15, -0.1) is 11.3 Å². The summed E-state index contributed by atoms with van der Waals surface area (Å²) >= 11 is 1.36. The molecule has 1 aliphatic heterocycles. The van der Waals surface area contributed by atoms with Gasteiger partial charge in [-0.05, 0) is 57.2 Å². The van der Waals surface area contributed by atoms with Crippen LogP contribution in [0.1, 0.15) is 62.5 Å². The molecule has 1 aliphatic carbocycles. The number of hydrogen-bond acceptors (Lipinski definition) is 6. The lowest BCUT2D eigenvalue weighted by molar-refractivity contribution is -0.120. The van der Waals surface area contributed by atoms with Gasteiger partial charge in [0.15, 0.2) is 5.78 Å². The lowest BCUT2D eigenvalue weighted by atomic mass is 9.93. The van der Waals surface area contributed by atoms with Gasteiger partial charge in [-0.2, -0.15) is 0 Å². The Bertz CT molecular complexity index is 1020. The SMILES string of the molecule is CC(C)(C)OC(=O)NC1CN(C2CCCCC2)c2ccccc2N(CC(=O)c2cccs2)C1=O. The van der Waals surface area contributed by atoms with Gasteiger partial charge in [-0.25, -0.2) is 4.79 Å². The van der Waals surface area contributed by atoms with E-state index in [0.717, 1.165) is 31.4 Å². The largest absolute Gasteiger partial charge is 0.444 e. The number of thiophene rings is 1. The Morgan fingerprint density at radius 1 is 1.06 bits per heavy atom. The second kappa shape index (κ2) is 10.2. The normalized spacial score (nSPS) is 19.4. The summed E-state index contributed by atoms with van der Waals surface area (Å²) in [7, 11) is 0. The van der Waals surface area contributed by atoms with Gasteiger partial charge in [0, 0.05) is 12.6 Å². The summed E-state index contributed by atoms with van der Waals surface area (Å²) in [6.45, 7) is 5.62. The molecule has 1 aromatic heterocycles. The number of benzene rings is 1. The highest BCUT2D eigenvalue weighted by molar-refractivity contribution is 7.12. The van der Waals surface area contributed by atoms with Gasteiger partial charge in [-0.1, -0.05) is 37.5 Å². The van der Waals surface area contributed by atoms with E-state index in [1.54, 1.807) is 26.8 Å². The molecular formula is C26H33N3O4S. The number of para-hydroxylation sites is 2. The van der Waals surface area contributed by atoms with Gasteiger partial charge in [0.25, 0.3) is 5.91 Å². The van der Waals surface area contributed by atoms with E-state index < -0.39 is 17.7 Å². The van der Waals surface area contributed by atoms with Crippen LogP contribution in [0.4, 0.5) is 16.2 Å². The molecule has 1 N–H and O–H groups in total. The monoisotopic (exact) mass is 483 g/mol. The van der Waals surface area contributed by atoms with E-state index in [1.807, 2.05) is 35.7 Å². The van der Waals surface area contributed by atoms with E-state index in [-0.39, 0.29) is 24.3 Å². The molecule has 0 radical (unpaired) electrons. The number of fused-ring (bicyclic) bond motifs is 1. The van der Waals surface area contributed by atoms with E-state index in [2.05, 4.69) is 10.2 Å². The number of alkyl carbamates (subject to hydrolysis) is 1. The zero-order valence-corrected chi connectivity index (χ0v) is 20.9. The van der Waals surface area contributed by atoms with Crippen LogP contribution in [0, 0.1) is 0 Å². The van der Waals surface area contributed by atoms with Gasteiger partial charge in [0.2, 0.25) is 0 Å². The molecule has 1 unspecified atom stereocenters. The van der Waals surface area contributed by atoms with Crippen molar-refractivity contribution in [3.63, 3.8) is 0 Å². The first kappa shape index (κ1) is 24.3. The van der Waals surface area contributed by atoms with Gasteiger partial charge >= 0.3 is 6.09 Å². The number of nitrogens with zero attached hydrogens (tertiary/aromatic N) is 2. The molecule has 0 spiro atoms. The maximum atomic E-state index is 13.8. The number of rotatable bonds is 5. The molecule has 7 nitrogen and oxygen atoms in total. The van der Waals surface area contributed by atoms with Crippen molar-refractivity contribution >= 4 is 40.5 Å². The number of nitrogens with one attached hydrogen (secondary N) is 1. The van der Waals surface area contributed by atoms with E-state index >= 15 is 0 Å². The molecule has 0 bridgehead atoms. The van der Waals surface area contributed by atoms with Gasteiger partial charge < -0.3 is 19.9 Å². The molecule has 1 atom stereocenters. The highest BCUT2D eigenvalue weighted by atomic mass is 32.1. The quantitative estimate of drug-likeness (QED) is 0.605. The van der Waals surface area contributed by atoms with Crippen LogP contribution in [0.3, 0.4) is 0 Å². The lowest BCUT2D eigenvalue weighted by Gasteiger charge is -2.37. The first-order valence-corrected chi connectivity index (χ1v) is 12.8. The first-order chi connectivity index (χ1) is 16.2. The van der Waals surface area contributed by atoms with Crippen LogP contribution in [0.2, 0.25) is 0 Å². The third-order valence-electron chi connectivity index (χ3n) is 6.23. The summed E-state index contributed by atoms with van der Waals surface area (Å²) in [6.07, 6.45) is 4.94. The van der Waals surface area contributed by atoms with Crippen molar-refractivity contribution in [2.75, 3.05) is 22.9 Å². The number of ketones is 1. The molecule has 1 saturated carbocycles. The fraction of sp³-hybridized carbons (Fsp3) is 0.500. The van der Waals surface area contributed by atoms with E-state index in [9.17, 15) is 14.4 Å². The molecule has 1 fully saturated rings. The maximum absolute atomic E-state index is 13.8. The van der Waals surface area contributed by atoms with Crippen LogP contribution < -0.4 is 15.1 Å². The number of Topliss-reactive ketones (excluding diaryl/α,β-unsaturated/α-hetero) is 1. The van der Waals surface area contributed by atoms with Crippen molar-refractivity contribution in [1.29, 1.82) is 0 Å². The van der Waals surface area contributed by atoms with Crippen molar-refractivity contribution in [1.82, 2.24) is 5.32 Å². The standard InChI is InChI=1S/C26H33N3O4S/c1-26(2,3)33-25(32)27-19-16-28(18-10-5-4-6-11-18)20-12-7-8-13-21(20)29(24(19)31)17-22(30)23-14-9-15-34-23/h7-9,12-15,18-19H,4-6,10-11,16-17H2,1-3H3,(H,27,32). The minimum absolute atomic E-state index is 0.0820. The number of amides is 2. The Morgan fingerprint density at radius 3 is 2.41 bits per heavy atom. The van der Waals surface area contributed by atoms with Gasteiger partial charge in [0.05, 0.1) is 22.8 Å². The van der Waals surface area contributed by atoms with Crippen molar-refractivity contribution in [3.05, 3.63) is 46.7 Å². The molecule has 1 aromatic carbocycles. The van der Waals surface area contributed by atoms with Gasteiger partial charge in [0.1, 0.15) is 11.6 Å². The maximum Gasteiger partial charge on any atom is 0.408 e. The lowest BCUT2D eigenvalue weighted by Crippen LogP contribution is -2.55. The summed E-state index contributed by atoms with van der Waals surface area (Å²) < 4.78 is 5.46. The van der Waals surface area contributed by atoms with E-state index in [0.29, 0.717) is 17.1 Å². The van der Waals surface area contributed by atoms with E-state index in [4.69, 9.17) is 4.74 Å². The van der Waals surface area contributed by atoms with Crippen molar-refractivity contribution < 1.29 is 19.1 Å². The predicted molar refractivity (Wildman–Crippen MR) is 135 cm³/mol. The third-order valence-corrected chi connectivity index (χ3v) is 7.14.